The monoisotopic (exact) mass is 556 g/mol. The molecule has 10 heteroatoms. The number of aromatic nitrogens is 1. The van der Waals surface area contributed by atoms with Gasteiger partial charge in [0, 0.05) is 16.1 Å². The Balaban J connectivity index is 1.66. The first kappa shape index (κ1) is 27.4. The lowest BCUT2D eigenvalue weighted by molar-refractivity contribution is -0.139. The number of carbonyl (C=O) groups is 2. The van der Waals surface area contributed by atoms with E-state index in [2.05, 4.69) is 10.3 Å². The summed E-state index contributed by atoms with van der Waals surface area (Å²) in [5.41, 5.74) is 2.14. The first-order valence-corrected chi connectivity index (χ1v) is 13.1. The van der Waals surface area contributed by atoms with Crippen LogP contribution < -0.4 is 5.32 Å². The largest absolute Gasteiger partial charge is 0.480 e. The minimum Gasteiger partial charge on any atom is -0.480 e. The quantitative estimate of drug-likeness (QED) is 0.225. The van der Waals surface area contributed by atoms with Crippen LogP contribution in [0, 0.1) is 6.92 Å². The molecule has 196 valence electrons. The zero-order chi connectivity index (χ0) is 27.7. The van der Waals surface area contributed by atoms with E-state index < -0.39 is 28.4 Å². The van der Waals surface area contributed by atoms with Gasteiger partial charge in [0.2, 0.25) is 0 Å². The average Bonchev–Trinajstić information content (AvgIpc) is 3.30. The third kappa shape index (κ3) is 6.25. The lowest BCUT2D eigenvalue weighted by atomic mass is 10.1. The van der Waals surface area contributed by atoms with E-state index in [1.807, 2.05) is 43.3 Å². The fraction of sp³-hybridized carbons (Fsp3) is 0.179. The Morgan fingerprint density at radius 3 is 2.03 bits per heavy atom. The first-order chi connectivity index (χ1) is 17.8. The summed E-state index contributed by atoms with van der Waals surface area (Å²) in [5, 5.41) is 12.6. The summed E-state index contributed by atoms with van der Waals surface area (Å²) < 4.78 is 37.7. The topological polar surface area (TPSA) is 79.3 Å². The van der Waals surface area contributed by atoms with Gasteiger partial charge in [-0.05, 0) is 62.7 Å². The molecule has 0 unspecified atom stereocenters. The third-order valence-electron chi connectivity index (χ3n) is 5.62. The Bertz CT molecular complexity index is 1460. The summed E-state index contributed by atoms with van der Waals surface area (Å²) in [6.07, 6.45) is -4.47. The van der Waals surface area contributed by atoms with Crippen molar-refractivity contribution in [1.82, 2.24) is 4.98 Å². The number of nitrogens with one attached hydrogen (secondary N) is 1. The summed E-state index contributed by atoms with van der Waals surface area (Å²) in [4.78, 5) is 30.7. The van der Waals surface area contributed by atoms with E-state index in [9.17, 15) is 27.9 Å². The maximum atomic E-state index is 13.2. The number of nitrogens with zero attached hydrogens (tertiary/aromatic N) is 1. The molecule has 38 heavy (non-hydrogen) atoms. The number of aliphatic carboxylic acids is 1. The van der Waals surface area contributed by atoms with Crippen LogP contribution in [0.1, 0.15) is 35.5 Å². The highest BCUT2D eigenvalue weighted by Crippen LogP contribution is 2.38. The van der Waals surface area contributed by atoms with Gasteiger partial charge in [-0.15, -0.1) is 23.1 Å². The van der Waals surface area contributed by atoms with Gasteiger partial charge in [-0.2, -0.15) is 13.2 Å². The van der Waals surface area contributed by atoms with Gasteiger partial charge in [-0.1, -0.05) is 42.0 Å². The average molecular weight is 557 g/mol. The van der Waals surface area contributed by atoms with Crippen LogP contribution in [0.15, 0.2) is 77.7 Å². The molecule has 0 saturated heterocycles. The molecular weight excluding hydrogens is 533 g/mol. The Kier molecular flexibility index (Phi) is 7.66. The van der Waals surface area contributed by atoms with E-state index in [4.69, 9.17) is 0 Å². The van der Waals surface area contributed by atoms with Crippen LogP contribution in [0.5, 0.6) is 0 Å². The summed E-state index contributed by atoms with van der Waals surface area (Å²) in [6, 6.07) is 19.1. The number of halogens is 3. The highest BCUT2D eigenvalue weighted by Gasteiger charge is 2.30. The highest BCUT2D eigenvalue weighted by molar-refractivity contribution is 8.01. The van der Waals surface area contributed by atoms with Crippen molar-refractivity contribution in [3.05, 3.63) is 89.6 Å². The minimum atomic E-state index is -4.47. The summed E-state index contributed by atoms with van der Waals surface area (Å²) in [5.74, 6) is -1.46. The number of carboxylic acid groups (broad SMARTS) is 1. The molecule has 0 spiro atoms. The minimum absolute atomic E-state index is 0.152. The molecule has 1 aromatic heterocycles. The molecule has 0 saturated carbocycles. The number of thioether (sulfide) groups is 1. The number of alkyl halides is 3. The van der Waals surface area contributed by atoms with Gasteiger partial charge in [-0.25, -0.2) is 4.98 Å². The molecule has 0 aliphatic rings. The zero-order valence-electron chi connectivity index (χ0n) is 20.6. The lowest BCUT2D eigenvalue weighted by Crippen LogP contribution is -2.26. The SMILES string of the molecule is Cc1ccc(-c2sc(-c3ccc(SC(C)(C)C(=O)O)cc3)nc2C(=O)Nc2ccc(C(F)(F)F)cc2)cc1. The van der Waals surface area contributed by atoms with Gasteiger partial charge in [0.05, 0.1) is 10.4 Å². The van der Waals surface area contributed by atoms with Crippen molar-refractivity contribution in [2.24, 2.45) is 0 Å². The zero-order valence-corrected chi connectivity index (χ0v) is 22.2. The number of thiazole rings is 1. The number of anilines is 1. The molecule has 0 atom stereocenters. The molecule has 2 N–H and O–H groups in total. The van der Waals surface area contributed by atoms with Gasteiger partial charge in [0.25, 0.3) is 5.91 Å². The molecular formula is C28H23F3N2O3S2. The number of hydrogen-bond donors (Lipinski definition) is 2. The third-order valence-corrected chi connectivity index (χ3v) is 7.96. The Morgan fingerprint density at radius 1 is 0.895 bits per heavy atom. The molecule has 0 aliphatic carbocycles. The molecule has 0 aliphatic heterocycles. The Labute approximate surface area is 225 Å². The normalized spacial score (nSPS) is 11.8. The number of hydrogen-bond acceptors (Lipinski definition) is 5. The molecule has 3 aromatic carbocycles. The molecule has 0 radical (unpaired) electrons. The maximum Gasteiger partial charge on any atom is 0.416 e. The van der Waals surface area contributed by atoms with Crippen LogP contribution in [-0.4, -0.2) is 26.7 Å². The van der Waals surface area contributed by atoms with E-state index in [1.54, 1.807) is 26.0 Å². The van der Waals surface area contributed by atoms with Crippen molar-refractivity contribution < 1.29 is 27.9 Å². The number of amides is 1. The van der Waals surface area contributed by atoms with Crippen molar-refractivity contribution in [3.8, 4) is 21.0 Å². The number of rotatable bonds is 7. The van der Waals surface area contributed by atoms with E-state index in [0.717, 1.165) is 33.7 Å². The fourth-order valence-electron chi connectivity index (χ4n) is 3.43. The second-order valence-electron chi connectivity index (χ2n) is 9.03. The Hall–Kier alpha value is -3.63. The second-order valence-corrected chi connectivity index (χ2v) is 11.7. The van der Waals surface area contributed by atoms with Gasteiger partial charge in [0.1, 0.15) is 15.4 Å². The smallest absolute Gasteiger partial charge is 0.416 e. The molecule has 5 nitrogen and oxygen atoms in total. The molecule has 0 fully saturated rings. The van der Waals surface area contributed by atoms with Crippen LogP contribution in [0.3, 0.4) is 0 Å². The lowest BCUT2D eigenvalue weighted by Gasteiger charge is -2.18. The van der Waals surface area contributed by atoms with Crippen LogP contribution in [0.2, 0.25) is 0 Å². The number of carbonyl (C=O) groups excluding carboxylic acids is 1. The van der Waals surface area contributed by atoms with E-state index in [-0.39, 0.29) is 11.4 Å². The maximum absolute atomic E-state index is 13.2. The number of carboxylic acids is 1. The van der Waals surface area contributed by atoms with E-state index in [1.165, 1.54) is 35.2 Å². The number of aryl methyl sites for hydroxylation is 1. The Morgan fingerprint density at radius 2 is 1.47 bits per heavy atom. The van der Waals surface area contributed by atoms with E-state index in [0.29, 0.717) is 9.88 Å². The summed E-state index contributed by atoms with van der Waals surface area (Å²) in [6.45, 7) is 5.21. The van der Waals surface area contributed by atoms with Crippen LogP contribution in [0.4, 0.5) is 18.9 Å². The first-order valence-electron chi connectivity index (χ1n) is 11.4. The van der Waals surface area contributed by atoms with E-state index >= 15 is 0 Å². The predicted molar refractivity (Wildman–Crippen MR) is 145 cm³/mol. The van der Waals surface area contributed by atoms with Gasteiger partial charge < -0.3 is 10.4 Å². The summed E-state index contributed by atoms with van der Waals surface area (Å²) >= 11 is 2.54. The fourth-order valence-corrected chi connectivity index (χ4v) is 5.46. The van der Waals surface area contributed by atoms with Crippen LogP contribution in [0.25, 0.3) is 21.0 Å². The van der Waals surface area contributed by atoms with Crippen molar-refractivity contribution in [3.63, 3.8) is 0 Å². The summed E-state index contributed by atoms with van der Waals surface area (Å²) in [7, 11) is 0. The van der Waals surface area contributed by atoms with Crippen molar-refractivity contribution in [2.75, 3.05) is 5.32 Å². The van der Waals surface area contributed by atoms with Crippen molar-refractivity contribution >= 4 is 40.7 Å². The van der Waals surface area contributed by atoms with Crippen LogP contribution in [-0.2, 0) is 11.0 Å². The van der Waals surface area contributed by atoms with Crippen LogP contribution >= 0.6 is 23.1 Å². The predicted octanol–water partition coefficient (Wildman–Crippen LogP) is 8.01. The second kappa shape index (κ2) is 10.6. The van der Waals surface area contributed by atoms with Gasteiger partial charge in [-0.3, -0.25) is 9.59 Å². The van der Waals surface area contributed by atoms with Gasteiger partial charge in [0.15, 0.2) is 0 Å². The number of benzene rings is 3. The molecule has 1 heterocycles. The standard InChI is InChI=1S/C28H23F3N2O3S2/c1-16-4-6-17(7-5-16)23-22(24(34)32-20-12-10-19(11-13-20)28(29,30)31)33-25(37-23)18-8-14-21(15-9-18)38-27(2,3)26(35)36/h4-15H,1-3H3,(H,32,34)(H,35,36). The molecule has 0 bridgehead atoms. The molecule has 4 rings (SSSR count). The van der Waals surface area contributed by atoms with Crippen molar-refractivity contribution in [1.29, 1.82) is 0 Å². The van der Waals surface area contributed by atoms with Crippen molar-refractivity contribution in [2.45, 2.75) is 36.6 Å². The molecule has 4 aromatic rings. The highest BCUT2D eigenvalue weighted by atomic mass is 32.2. The van der Waals surface area contributed by atoms with Gasteiger partial charge >= 0.3 is 12.1 Å². The molecule has 1 amide bonds.